The summed E-state index contributed by atoms with van der Waals surface area (Å²) in [6, 6.07) is 0. The zero-order chi connectivity index (χ0) is 24.8. The Morgan fingerprint density at radius 1 is 1.09 bits per heavy atom. The van der Waals surface area contributed by atoms with Crippen LogP contribution in [0.25, 0.3) is 0 Å². The van der Waals surface area contributed by atoms with Crippen LogP contribution in [0.5, 0.6) is 0 Å². The maximum atomic E-state index is 11.6. The Kier molecular flexibility index (Phi) is 14.7. The van der Waals surface area contributed by atoms with E-state index in [1.54, 1.807) is 0 Å². The lowest BCUT2D eigenvalue weighted by molar-refractivity contribution is -0.889. The Morgan fingerprint density at radius 3 is 2.00 bits per heavy atom. The number of quaternary nitrogens is 1. The van der Waals surface area contributed by atoms with Crippen LogP contribution in [-0.2, 0) is 23.8 Å². The zero-order valence-corrected chi connectivity index (χ0v) is 20.9. The minimum Gasteiger partial charge on any atom is -0.371 e. The molecule has 15 heteroatoms. The largest absolute Gasteiger partial charge is 0.523 e. The van der Waals surface area contributed by atoms with Crippen molar-refractivity contribution in [1.82, 2.24) is 4.90 Å². The number of nitrogens with zero attached hydrogens (tertiary/aromatic N) is 4. The van der Waals surface area contributed by atoms with Gasteiger partial charge in [-0.1, -0.05) is 0 Å². The highest BCUT2D eigenvalue weighted by atomic mass is 32.2. The molecule has 0 aromatic carbocycles. The summed E-state index contributed by atoms with van der Waals surface area (Å²) in [6.45, 7) is 5.16. The molecule has 0 spiro atoms. The van der Waals surface area contributed by atoms with Crippen LogP contribution >= 0.6 is 24.4 Å². The van der Waals surface area contributed by atoms with Crippen LogP contribution in [0.1, 0.15) is 0 Å². The van der Waals surface area contributed by atoms with Crippen molar-refractivity contribution >= 4 is 44.9 Å². The number of hydrogen-bond donors (Lipinski definition) is 0. The van der Waals surface area contributed by atoms with Crippen LogP contribution in [0.2, 0.25) is 0 Å². The minimum atomic E-state index is -5.43. The standard InChI is InChI=1S/C8H15N2OS.C5H10N2S.C4H5F3O4S/c1-10(2,4-3-9-7-12)5-8-6-11-8;1-7(2)4-3-6-5-8;5-4(6,7)12(8,9)11-2-3-1-10-3/h8H,3-6H2,1-2H3;3-4H2,1-2H3;3H,1-2H2/q+1;;. The fourth-order valence-corrected chi connectivity index (χ4v) is 2.52. The second-order valence-corrected chi connectivity index (χ2v) is 9.66. The summed E-state index contributed by atoms with van der Waals surface area (Å²) in [7, 11) is 2.93. The lowest BCUT2D eigenvalue weighted by atomic mass is 10.3. The van der Waals surface area contributed by atoms with E-state index in [2.05, 4.69) is 72.7 Å². The quantitative estimate of drug-likeness (QED) is 0.100. The monoisotopic (exact) mass is 523 g/mol. The molecule has 0 saturated carbocycles. The molecule has 2 unspecified atom stereocenters. The van der Waals surface area contributed by atoms with E-state index in [1.807, 2.05) is 14.1 Å². The Balaban J connectivity index is 0.000000462. The predicted molar refractivity (Wildman–Crippen MR) is 121 cm³/mol. The van der Waals surface area contributed by atoms with E-state index in [9.17, 15) is 21.6 Å². The third-order valence-electron chi connectivity index (χ3n) is 3.80. The summed E-state index contributed by atoms with van der Waals surface area (Å²) in [4.78, 5) is 9.68. The fraction of sp³-hybridized carbons (Fsp3) is 0.882. The number of likely N-dealkylation sites (N-methyl/N-ethyl adjacent to an activating group) is 2. The van der Waals surface area contributed by atoms with Gasteiger partial charge >= 0.3 is 15.6 Å². The molecule has 0 N–H and O–H groups in total. The summed E-state index contributed by atoms with van der Waals surface area (Å²) >= 11 is 8.86. The SMILES string of the molecule is CN(C)CCN=C=S.C[N+](C)(CCN=C=S)CC1CO1.O=S(=O)(OCC1CO1)C(F)(F)F. The van der Waals surface area contributed by atoms with E-state index in [1.165, 1.54) is 0 Å². The van der Waals surface area contributed by atoms with Crippen molar-refractivity contribution in [2.45, 2.75) is 17.7 Å². The first kappa shape index (κ1) is 31.1. The highest BCUT2D eigenvalue weighted by Gasteiger charge is 2.48. The highest BCUT2D eigenvalue weighted by Crippen LogP contribution is 2.25. The van der Waals surface area contributed by atoms with Gasteiger partial charge in [0, 0.05) is 6.54 Å². The van der Waals surface area contributed by atoms with Crippen molar-refractivity contribution in [3.05, 3.63) is 0 Å². The minimum absolute atomic E-state index is 0.243. The number of isothiocyanates is 2. The van der Waals surface area contributed by atoms with Gasteiger partial charge in [-0.05, 0) is 38.5 Å². The molecular weight excluding hydrogens is 493 g/mol. The molecular formula is C17H30F3N4O5S3+. The van der Waals surface area contributed by atoms with E-state index in [0.29, 0.717) is 6.10 Å². The molecule has 2 heterocycles. The molecule has 2 aliphatic rings. The second-order valence-electron chi connectivity index (χ2n) is 7.69. The Bertz CT molecular complexity index is 745. The van der Waals surface area contributed by atoms with Crippen LogP contribution in [-0.4, -0.2) is 127 Å². The van der Waals surface area contributed by atoms with Gasteiger partial charge in [0.1, 0.15) is 18.8 Å². The van der Waals surface area contributed by atoms with Crippen LogP contribution in [0.4, 0.5) is 13.2 Å². The Hall–Kier alpha value is -0.860. The van der Waals surface area contributed by atoms with Gasteiger partial charge in [-0.25, -0.2) is 9.98 Å². The molecule has 2 aliphatic heterocycles. The van der Waals surface area contributed by atoms with Crippen molar-refractivity contribution in [3.8, 4) is 0 Å². The average molecular weight is 524 g/mol. The third kappa shape index (κ3) is 17.7. The first-order valence-corrected chi connectivity index (χ1v) is 11.7. The normalized spacial score (nSPS) is 19.4. The molecule has 0 aromatic rings. The molecule has 2 fully saturated rings. The smallest absolute Gasteiger partial charge is 0.371 e. The van der Waals surface area contributed by atoms with Crippen LogP contribution in [0, 0.1) is 0 Å². The molecule has 2 atom stereocenters. The molecule has 32 heavy (non-hydrogen) atoms. The van der Waals surface area contributed by atoms with Gasteiger partial charge in [-0.2, -0.15) is 21.6 Å². The molecule has 2 rings (SSSR count). The number of hydrogen-bond acceptors (Lipinski definition) is 10. The second kappa shape index (κ2) is 15.1. The van der Waals surface area contributed by atoms with Crippen molar-refractivity contribution in [2.75, 3.05) is 80.7 Å². The van der Waals surface area contributed by atoms with Gasteiger partial charge < -0.3 is 18.9 Å². The van der Waals surface area contributed by atoms with Crippen LogP contribution in [0.15, 0.2) is 9.98 Å². The lowest BCUT2D eigenvalue weighted by Gasteiger charge is -2.27. The van der Waals surface area contributed by atoms with Gasteiger partial charge in [0.15, 0.2) is 0 Å². The van der Waals surface area contributed by atoms with Crippen molar-refractivity contribution in [3.63, 3.8) is 0 Å². The number of aliphatic imine (C=N–C) groups is 2. The number of thiocarbonyl (C=S) groups is 2. The van der Waals surface area contributed by atoms with Gasteiger partial charge in [-0.15, -0.1) is 0 Å². The summed E-state index contributed by atoms with van der Waals surface area (Å²) in [5.74, 6) is 0. The maximum absolute atomic E-state index is 11.6. The molecule has 0 radical (unpaired) electrons. The van der Waals surface area contributed by atoms with Gasteiger partial charge in [0.05, 0.1) is 63.9 Å². The average Bonchev–Trinajstić information content (AvgIpc) is 3.56. The number of rotatable bonds is 11. The molecule has 2 saturated heterocycles. The zero-order valence-electron chi connectivity index (χ0n) is 18.5. The van der Waals surface area contributed by atoms with E-state index in [0.717, 1.165) is 43.8 Å². The third-order valence-corrected chi connectivity index (χ3v) is 5.07. The molecule has 0 bridgehead atoms. The summed E-state index contributed by atoms with van der Waals surface area (Å²) in [5, 5.41) is 4.68. The highest BCUT2D eigenvalue weighted by molar-refractivity contribution is 7.87. The number of ether oxygens (including phenoxy) is 2. The molecule has 186 valence electrons. The maximum Gasteiger partial charge on any atom is 0.523 e. The van der Waals surface area contributed by atoms with Crippen LogP contribution in [0.3, 0.4) is 0 Å². The lowest BCUT2D eigenvalue weighted by Crippen LogP contribution is -2.44. The van der Waals surface area contributed by atoms with Crippen LogP contribution < -0.4 is 0 Å². The predicted octanol–water partition coefficient (Wildman–Crippen LogP) is 1.47. The summed E-state index contributed by atoms with van der Waals surface area (Å²) < 4.78 is 69.2. The van der Waals surface area contributed by atoms with Crippen molar-refractivity contribution < 1.29 is 39.7 Å². The van der Waals surface area contributed by atoms with Gasteiger partial charge in [0.25, 0.3) is 0 Å². The van der Waals surface area contributed by atoms with E-state index >= 15 is 0 Å². The topological polar surface area (TPSA) is 96.4 Å². The first-order chi connectivity index (χ1) is 14.7. The molecule has 0 aromatic heterocycles. The van der Waals surface area contributed by atoms with Gasteiger partial charge in [0.2, 0.25) is 0 Å². The molecule has 0 amide bonds. The summed E-state index contributed by atoms with van der Waals surface area (Å²) in [6.07, 6.45) is -0.0291. The number of halogens is 3. The molecule has 9 nitrogen and oxygen atoms in total. The van der Waals surface area contributed by atoms with E-state index < -0.39 is 28.3 Å². The van der Waals surface area contributed by atoms with Crippen molar-refractivity contribution in [2.24, 2.45) is 9.98 Å². The van der Waals surface area contributed by atoms with E-state index in [-0.39, 0.29) is 6.61 Å². The fourth-order valence-electron chi connectivity index (χ4n) is 1.87. The number of alkyl halides is 3. The van der Waals surface area contributed by atoms with E-state index in [4.69, 9.17) is 4.74 Å². The van der Waals surface area contributed by atoms with Crippen molar-refractivity contribution in [1.29, 1.82) is 0 Å². The van der Waals surface area contributed by atoms with Gasteiger partial charge in [-0.3, -0.25) is 4.18 Å². The Morgan fingerprint density at radius 2 is 1.59 bits per heavy atom. The first-order valence-electron chi connectivity index (χ1n) is 9.47. The summed E-state index contributed by atoms with van der Waals surface area (Å²) in [5.41, 5.74) is -5.35. The molecule has 0 aliphatic carbocycles. The Labute approximate surface area is 197 Å². The number of epoxide rings is 2.